The number of rotatable bonds is 4. The van der Waals surface area contributed by atoms with E-state index >= 15 is 0 Å². The van der Waals surface area contributed by atoms with Gasteiger partial charge in [0.15, 0.2) is 5.82 Å². The predicted molar refractivity (Wildman–Crippen MR) is 121 cm³/mol. The van der Waals surface area contributed by atoms with E-state index in [0.29, 0.717) is 29.5 Å². The first-order chi connectivity index (χ1) is 15.2. The van der Waals surface area contributed by atoms with Crippen molar-refractivity contribution < 1.29 is 4.79 Å². The molecule has 5 rings (SSSR count). The molecule has 0 unspecified atom stereocenters. The third-order valence-corrected chi connectivity index (χ3v) is 5.72. The highest BCUT2D eigenvalue weighted by molar-refractivity contribution is 6.07. The number of fused-ring (bicyclic) bond motifs is 1. The molecule has 2 N–H and O–H groups in total. The van der Waals surface area contributed by atoms with Crippen molar-refractivity contribution in [2.24, 2.45) is 4.99 Å². The maximum Gasteiger partial charge on any atom is 0.262 e. The molecule has 31 heavy (non-hydrogen) atoms. The topological polar surface area (TPSA) is 89.1 Å². The van der Waals surface area contributed by atoms with Gasteiger partial charge in [0.2, 0.25) is 0 Å². The summed E-state index contributed by atoms with van der Waals surface area (Å²) in [5.41, 5.74) is 3.53. The molecule has 158 valence electrons. The Labute approximate surface area is 180 Å². The van der Waals surface area contributed by atoms with Crippen molar-refractivity contribution in [3.05, 3.63) is 59.4 Å². The van der Waals surface area contributed by atoms with Crippen molar-refractivity contribution in [1.82, 2.24) is 24.9 Å². The van der Waals surface area contributed by atoms with Crippen LogP contribution < -0.4 is 10.6 Å². The molecule has 2 aliphatic rings. The third-order valence-electron chi connectivity index (χ3n) is 5.72. The molecule has 0 atom stereocenters. The van der Waals surface area contributed by atoms with Crippen molar-refractivity contribution in [3.8, 4) is 5.69 Å². The van der Waals surface area contributed by atoms with E-state index in [1.54, 1.807) is 17.1 Å². The fourth-order valence-corrected chi connectivity index (χ4v) is 3.99. The maximum absolute atomic E-state index is 13.2. The Kier molecular flexibility index (Phi) is 5.21. The molecule has 0 spiro atoms. The Morgan fingerprint density at radius 3 is 2.81 bits per heavy atom. The van der Waals surface area contributed by atoms with E-state index in [0.717, 1.165) is 37.3 Å². The molecule has 8 nitrogen and oxygen atoms in total. The molecule has 1 amide bonds. The molecule has 8 heteroatoms. The van der Waals surface area contributed by atoms with Crippen LogP contribution in [0.15, 0.2) is 47.6 Å². The van der Waals surface area contributed by atoms with E-state index in [1.807, 2.05) is 47.3 Å². The summed E-state index contributed by atoms with van der Waals surface area (Å²) in [5.74, 6) is 1.31. The second kappa shape index (κ2) is 8.31. The molecule has 2 aliphatic heterocycles. The maximum atomic E-state index is 13.2. The van der Waals surface area contributed by atoms with E-state index in [-0.39, 0.29) is 5.91 Å². The van der Waals surface area contributed by atoms with Crippen LogP contribution >= 0.6 is 0 Å². The fraction of sp³-hybridized carbons (Fsp3) is 0.304. The van der Waals surface area contributed by atoms with Gasteiger partial charge in [-0.3, -0.25) is 4.79 Å². The van der Waals surface area contributed by atoms with Gasteiger partial charge in [-0.2, -0.15) is 10.2 Å². The molecule has 4 heterocycles. The fourth-order valence-electron chi connectivity index (χ4n) is 3.99. The molecular weight excluding hydrogens is 390 g/mol. The summed E-state index contributed by atoms with van der Waals surface area (Å²) >= 11 is 0. The zero-order chi connectivity index (χ0) is 21.2. The normalized spacial score (nSPS) is 16.2. The summed E-state index contributed by atoms with van der Waals surface area (Å²) in [4.78, 5) is 17.6. The Balaban J connectivity index is 1.49. The summed E-state index contributed by atoms with van der Waals surface area (Å²) in [7, 11) is 0. The largest absolute Gasteiger partial charge is 0.317 e. The Hall–Kier alpha value is -3.52. The van der Waals surface area contributed by atoms with Gasteiger partial charge in [-0.15, -0.1) is 0 Å². The molecule has 1 fully saturated rings. The zero-order valence-corrected chi connectivity index (χ0v) is 17.5. The molecule has 1 aromatic carbocycles. The van der Waals surface area contributed by atoms with Crippen LogP contribution in [0.25, 0.3) is 11.9 Å². The average Bonchev–Trinajstić information content (AvgIpc) is 3.32. The first-order valence-electron chi connectivity index (χ1n) is 10.6. The van der Waals surface area contributed by atoms with Gasteiger partial charge in [0, 0.05) is 30.8 Å². The number of benzene rings is 1. The van der Waals surface area contributed by atoms with Gasteiger partial charge in [-0.05, 0) is 45.0 Å². The monoisotopic (exact) mass is 415 g/mol. The van der Waals surface area contributed by atoms with E-state index in [1.165, 1.54) is 5.56 Å². The quantitative estimate of drug-likeness (QED) is 0.680. The number of aliphatic imine (C=N–C) groups is 1. The lowest BCUT2D eigenvalue weighted by atomic mass is 9.95. The SMILES string of the molecule is Cc1ccc(-n2nc(C3CCNCC3)cc2NC(=O)c2cnn3c2N=CCC=C3)cc1. The highest BCUT2D eigenvalue weighted by atomic mass is 16.1. The van der Waals surface area contributed by atoms with E-state index in [9.17, 15) is 4.79 Å². The van der Waals surface area contributed by atoms with E-state index in [4.69, 9.17) is 5.10 Å². The molecule has 0 saturated carbocycles. The Morgan fingerprint density at radius 1 is 1.19 bits per heavy atom. The number of nitrogens with zero attached hydrogens (tertiary/aromatic N) is 5. The molecule has 2 aromatic heterocycles. The van der Waals surface area contributed by atoms with Crippen LogP contribution in [0.4, 0.5) is 11.6 Å². The van der Waals surface area contributed by atoms with Crippen LogP contribution in [0.1, 0.15) is 46.8 Å². The number of aryl methyl sites for hydroxylation is 1. The number of aromatic nitrogens is 4. The van der Waals surface area contributed by atoms with E-state index < -0.39 is 0 Å². The number of hydrogen-bond acceptors (Lipinski definition) is 5. The molecule has 0 bridgehead atoms. The smallest absolute Gasteiger partial charge is 0.262 e. The predicted octanol–water partition coefficient (Wildman–Crippen LogP) is 3.67. The van der Waals surface area contributed by atoms with Gasteiger partial charge in [-0.1, -0.05) is 23.8 Å². The number of carbonyl (C=O) groups excluding carboxylic acids is 1. The van der Waals surface area contributed by atoms with Crippen molar-refractivity contribution in [3.63, 3.8) is 0 Å². The summed E-state index contributed by atoms with van der Waals surface area (Å²) in [6, 6.07) is 10.1. The van der Waals surface area contributed by atoms with Gasteiger partial charge in [0.25, 0.3) is 5.91 Å². The summed E-state index contributed by atoms with van der Waals surface area (Å²) in [6.07, 6.45) is 9.89. The number of piperidine rings is 1. The van der Waals surface area contributed by atoms with Gasteiger partial charge in [0.05, 0.1) is 17.6 Å². The van der Waals surface area contributed by atoms with Crippen LogP contribution in [0.3, 0.4) is 0 Å². The zero-order valence-electron chi connectivity index (χ0n) is 17.5. The van der Waals surface area contributed by atoms with Gasteiger partial charge in [-0.25, -0.2) is 14.4 Å². The number of anilines is 1. The van der Waals surface area contributed by atoms with Gasteiger partial charge < -0.3 is 10.6 Å². The Morgan fingerprint density at radius 2 is 2.00 bits per heavy atom. The minimum Gasteiger partial charge on any atom is -0.317 e. The molecule has 1 saturated heterocycles. The number of hydrogen-bond donors (Lipinski definition) is 2. The highest BCUT2D eigenvalue weighted by Crippen LogP contribution is 2.29. The average molecular weight is 416 g/mol. The number of carbonyl (C=O) groups is 1. The molecular formula is C23H25N7O. The van der Waals surface area contributed by atoms with Crippen LogP contribution in [0, 0.1) is 6.92 Å². The van der Waals surface area contributed by atoms with Crippen LogP contribution in [-0.2, 0) is 0 Å². The van der Waals surface area contributed by atoms with Gasteiger partial charge in [0.1, 0.15) is 11.4 Å². The van der Waals surface area contributed by atoms with Crippen molar-refractivity contribution in [1.29, 1.82) is 0 Å². The molecule has 0 aliphatic carbocycles. The minimum absolute atomic E-state index is 0.251. The third kappa shape index (κ3) is 3.94. The van der Waals surface area contributed by atoms with Crippen LogP contribution in [-0.4, -0.2) is 44.8 Å². The molecule has 0 radical (unpaired) electrons. The first-order valence-corrected chi connectivity index (χ1v) is 10.6. The van der Waals surface area contributed by atoms with Crippen molar-refractivity contribution in [2.75, 3.05) is 18.4 Å². The van der Waals surface area contributed by atoms with Crippen LogP contribution in [0.5, 0.6) is 0 Å². The van der Waals surface area contributed by atoms with Gasteiger partial charge >= 0.3 is 0 Å². The van der Waals surface area contributed by atoms with Crippen LogP contribution in [0.2, 0.25) is 0 Å². The number of allylic oxidation sites excluding steroid dienone is 1. The lowest BCUT2D eigenvalue weighted by Gasteiger charge is -2.20. The number of amides is 1. The standard InChI is InChI=1S/C23H25N7O/c1-16-4-6-18(7-5-16)30-21(14-20(28-30)17-8-11-24-12-9-17)27-23(31)19-15-26-29-13-3-2-10-25-22(19)29/h3-7,10,13-15,17,24H,2,8-9,11-12H2,1H3,(H,27,31). The van der Waals surface area contributed by atoms with Crippen molar-refractivity contribution >= 4 is 30.0 Å². The van der Waals surface area contributed by atoms with E-state index in [2.05, 4.69) is 27.6 Å². The molecule has 3 aromatic rings. The first kappa shape index (κ1) is 19.4. The number of nitrogens with one attached hydrogen (secondary N) is 2. The second-order valence-corrected chi connectivity index (χ2v) is 7.94. The summed E-state index contributed by atoms with van der Waals surface area (Å²) in [5, 5.41) is 15.6. The second-order valence-electron chi connectivity index (χ2n) is 7.94. The lowest BCUT2D eigenvalue weighted by Crippen LogP contribution is -2.26. The Bertz CT molecular complexity index is 1150. The minimum atomic E-state index is -0.251. The highest BCUT2D eigenvalue weighted by Gasteiger charge is 2.23. The van der Waals surface area contributed by atoms with Crippen molar-refractivity contribution in [2.45, 2.75) is 32.1 Å². The summed E-state index contributed by atoms with van der Waals surface area (Å²) in [6.45, 7) is 4.02. The lowest BCUT2D eigenvalue weighted by molar-refractivity contribution is 0.102. The summed E-state index contributed by atoms with van der Waals surface area (Å²) < 4.78 is 3.44.